The first kappa shape index (κ1) is 13.6. The molecule has 2 N–H and O–H groups in total. The molecule has 102 valence electrons. The summed E-state index contributed by atoms with van der Waals surface area (Å²) >= 11 is 0. The Morgan fingerprint density at radius 3 is 2.61 bits per heavy atom. The van der Waals surface area contributed by atoms with Gasteiger partial charge >= 0.3 is 0 Å². The quantitative estimate of drug-likeness (QED) is 0.872. The molecule has 1 unspecified atom stereocenters. The van der Waals surface area contributed by atoms with Crippen LogP contribution >= 0.6 is 0 Å². The molecule has 18 heavy (non-hydrogen) atoms. The van der Waals surface area contributed by atoms with Crippen molar-refractivity contribution in [3.8, 4) is 0 Å². The van der Waals surface area contributed by atoms with Crippen LogP contribution in [-0.4, -0.2) is 24.5 Å². The summed E-state index contributed by atoms with van der Waals surface area (Å²) < 4.78 is 5.19. The zero-order chi connectivity index (χ0) is 13.0. The molecular weight excluding hydrogens is 224 g/mol. The standard InChI is InChI=1S/C15H26N2O/c1-3-12-4-6-14(7-5-12)17(2)15(10-16)13-8-9-18-11-13/h8-9,11-12,14-15H,3-7,10,16H2,1-2H3. The maximum Gasteiger partial charge on any atom is 0.0950 e. The molecule has 1 fully saturated rings. The molecule has 0 aliphatic heterocycles. The van der Waals surface area contributed by atoms with E-state index in [4.69, 9.17) is 10.2 Å². The molecule has 1 aliphatic carbocycles. The summed E-state index contributed by atoms with van der Waals surface area (Å²) in [5, 5.41) is 0. The van der Waals surface area contributed by atoms with Gasteiger partial charge in [-0.25, -0.2) is 0 Å². The first-order chi connectivity index (χ1) is 8.76. The minimum atomic E-state index is 0.298. The fraction of sp³-hybridized carbons (Fsp3) is 0.733. The number of likely N-dealkylation sites (N-methyl/N-ethyl adjacent to an activating group) is 1. The van der Waals surface area contributed by atoms with E-state index in [1.165, 1.54) is 37.7 Å². The lowest BCUT2D eigenvalue weighted by atomic mass is 9.83. The Hall–Kier alpha value is -0.800. The molecule has 3 nitrogen and oxygen atoms in total. The van der Waals surface area contributed by atoms with Crippen molar-refractivity contribution < 1.29 is 4.42 Å². The van der Waals surface area contributed by atoms with Crippen molar-refractivity contribution in [1.29, 1.82) is 0 Å². The third-order valence-corrected chi connectivity index (χ3v) is 4.61. The van der Waals surface area contributed by atoms with E-state index in [1.807, 2.05) is 12.3 Å². The highest BCUT2D eigenvalue weighted by atomic mass is 16.3. The van der Waals surface area contributed by atoms with E-state index in [9.17, 15) is 0 Å². The summed E-state index contributed by atoms with van der Waals surface area (Å²) in [5.41, 5.74) is 7.15. The molecule has 0 radical (unpaired) electrons. The monoisotopic (exact) mass is 250 g/mol. The molecule has 3 heteroatoms. The molecule has 1 aliphatic rings. The van der Waals surface area contributed by atoms with Crippen LogP contribution in [0.4, 0.5) is 0 Å². The van der Waals surface area contributed by atoms with E-state index in [2.05, 4.69) is 18.9 Å². The fourth-order valence-corrected chi connectivity index (χ4v) is 3.22. The molecule has 1 aromatic heterocycles. The van der Waals surface area contributed by atoms with E-state index < -0.39 is 0 Å². The largest absolute Gasteiger partial charge is 0.472 e. The Bertz CT molecular complexity index is 328. The third-order valence-electron chi connectivity index (χ3n) is 4.61. The predicted octanol–water partition coefficient (Wildman–Crippen LogP) is 3.18. The van der Waals surface area contributed by atoms with Gasteiger partial charge in [-0.1, -0.05) is 13.3 Å². The van der Waals surface area contributed by atoms with Crippen molar-refractivity contribution in [2.45, 2.75) is 51.1 Å². The lowest BCUT2D eigenvalue weighted by Crippen LogP contribution is -2.40. The normalized spacial score (nSPS) is 26.4. The molecule has 2 rings (SSSR count). The summed E-state index contributed by atoms with van der Waals surface area (Å²) in [6.45, 7) is 2.96. The van der Waals surface area contributed by atoms with Gasteiger partial charge in [0.1, 0.15) is 0 Å². The molecule has 0 spiro atoms. The lowest BCUT2D eigenvalue weighted by Gasteiger charge is -2.38. The minimum Gasteiger partial charge on any atom is -0.472 e. The number of hydrogen-bond donors (Lipinski definition) is 1. The maximum atomic E-state index is 5.94. The highest BCUT2D eigenvalue weighted by Gasteiger charge is 2.27. The number of nitrogens with two attached hydrogens (primary N) is 1. The van der Waals surface area contributed by atoms with Gasteiger partial charge in [-0.15, -0.1) is 0 Å². The van der Waals surface area contributed by atoms with Gasteiger partial charge in [0.2, 0.25) is 0 Å². The number of rotatable bonds is 5. The molecular formula is C15H26N2O. The van der Waals surface area contributed by atoms with Gasteiger partial charge in [0.25, 0.3) is 0 Å². The van der Waals surface area contributed by atoms with E-state index in [0.717, 1.165) is 5.92 Å². The fourth-order valence-electron chi connectivity index (χ4n) is 3.22. The van der Waals surface area contributed by atoms with Gasteiger partial charge in [-0.05, 0) is 44.7 Å². The lowest BCUT2D eigenvalue weighted by molar-refractivity contribution is 0.121. The van der Waals surface area contributed by atoms with Gasteiger partial charge < -0.3 is 10.2 Å². The van der Waals surface area contributed by atoms with Crippen LogP contribution < -0.4 is 5.73 Å². The van der Waals surface area contributed by atoms with Crippen molar-refractivity contribution in [3.63, 3.8) is 0 Å². The minimum absolute atomic E-state index is 0.298. The van der Waals surface area contributed by atoms with Crippen LogP contribution in [0.25, 0.3) is 0 Å². The van der Waals surface area contributed by atoms with Crippen LogP contribution in [0.1, 0.15) is 50.6 Å². The number of hydrogen-bond acceptors (Lipinski definition) is 3. The number of nitrogens with zero attached hydrogens (tertiary/aromatic N) is 1. The summed E-state index contributed by atoms with van der Waals surface area (Å²) in [7, 11) is 2.21. The highest BCUT2D eigenvalue weighted by molar-refractivity contribution is 5.12. The highest BCUT2D eigenvalue weighted by Crippen LogP contribution is 2.32. The summed E-state index contributed by atoms with van der Waals surface area (Å²) in [6.07, 6.45) is 10.2. The molecule has 1 saturated carbocycles. The van der Waals surface area contributed by atoms with E-state index in [0.29, 0.717) is 18.6 Å². The second kappa shape index (κ2) is 6.39. The van der Waals surface area contributed by atoms with Crippen molar-refractivity contribution in [3.05, 3.63) is 24.2 Å². The maximum absolute atomic E-state index is 5.94. The third kappa shape index (κ3) is 2.96. The van der Waals surface area contributed by atoms with E-state index in [1.54, 1.807) is 6.26 Å². The molecule has 0 saturated heterocycles. The Morgan fingerprint density at radius 2 is 2.11 bits per heavy atom. The average Bonchev–Trinajstić information content (AvgIpc) is 2.93. The first-order valence-electron chi connectivity index (χ1n) is 7.20. The van der Waals surface area contributed by atoms with Crippen LogP contribution in [-0.2, 0) is 0 Å². The van der Waals surface area contributed by atoms with Crippen LogP contribution in [0.15, 0.2) is 23.0 Å². The van der Waals surface area contributed by atoms with Crippen molar-refractivity contribution >= 4 is 0 Å². The van der Waals surface area contributed by atoms with Gasteiger partial charge in [0.05, 0.1) is 18.6 Å². The zero-order valence-corrected chi connectivity index (χ0v) is 11.6. The van der Waals surface area contributed by atoms with Crippen LogP contribution in [0.2, 0.25) is 0 Å². The molecule has 1 aromatic rings. The topological polar surface area (TPSA) is 42.4 Å². The second-order valence-corrected chi connectivity index (χ2v) is 5.56. The molecule has 0 bridgehead atoms. The summed E-state index contributed by atoms with van der Waals surface area (Å²) in [4.78, 5) is 2.46. The summed E-state index contributed by atoms with van der Waals surface area (Å²) in [5.74, 6) is 0.944. The Morgan fingerprint density at radius 1 is 1.39 bits per heavy atom. The Labute approximate surface area is 110 Å². The molecule has 0 amide bonds. The first-order valence-corrected chi connectivity index (χ1v) is 7.20. The van der Waals surface area contributed by atoms with Crippen molar-refractivity contribution in [2.75, 3.05) is 13.6 Å². The second-order valence-electron chi connectivity index (χ2n) is 5.56. The van der Waals surface area contributed by atoms with Crippen molar-refractivity contribution in [2.24, 2.45) is 11.7 Å². The summed E-state index contributed by atoms with van der Waals surface area (Å²) in [6, 6.07) is 3.01. The van der Waals surface area contributed by atoms with E-state index in [-0.39, 0.29) is 0 Å². The van der Waals surface area contributed by atoms with Gasteiger partial charge in [-0.2, -0.15) is 0 Å². The van der Waals surface area contributed by atoms with Gasteiger partial charge in [0.15, 0.2) is 0 Å². The number of furan rings is 1. The van der Waals surface area contributed by atoms with Gasteiger partial charge in [-0.3, -0.25) is 4.90 Å². The SMILES string of the molecule is CCC1CCC(N(C)C(CN)c2ccoc2)CC1. The average molecular weight is 250 g/mol. The Balaban J connectivity index is 1.96. The molecule has 1 heterocycles. The Kier molecular flexibility index (Phi) is 4.84. The van der Waals surface area contributed by atoms with Crippen LogP contribution in [0, 0.1) is 5.92 Å². The molecule has 0 aromatic carbocycles. The van der Waals surface area contributed by atoms with Crippen molar-refractivity contribution in [1.82, 2.24) is 4.90 Å². The van der Waals surface area contributed by atoms with E-state index >= 15 is 0 Å². The predicted molar refractivity (Wildman–Crippen MR) is 74.3 cm³/mol. The van der Waals surface area contributed by atoms with Crippen LogP contribution in [0.5, 0.6) is 0 Å². The zero-order valence-electron chi connectivity index (χ0n) is 11.6. The smallest absolute Gasteiger partial charge is 0.0950 e. The van der Waals surface area contributed by atoms with Gasteiger partial charge in [0, 0.05) is 18.2 Å². The van der Waals surface area contributed by atoms with Crippen LogP contribution in [0.3, 0.4) is 0 Å². The molecule has 1 atom stereocenters.